The van der Waals surface area contributed by atoms with Crippen LogP contribution in [0, 0.1) is 0 Å². The number of benzene rings is 1. The zero-order valence-electron chi connectivity index (χ0n) is 14.2. The molecule has 3 heterocycles. The summed E-state index contributed by atoms with van der Waals surface area (Å²) in [6.07, 6.45) is 1.76. The Kier molecular flexibility index (Phi) is 4.77. The molecule has 1 aromatic carbocycles. The zero-order chi connectivity index (χ0) is 17.9. The molecule has 0 fully saturated rings. The second-order valence-electron chi connectivity index (χ2n) is 5.80. The zero-order valence-corrected chi connectivity index (χ0v) is 15.8. The Balaban J connectivity index is 1.50. The molecular weight excluding hydrogens is 366 g/mol. The first-order chi connectivity index (χ1) is 12.7. The van der Waals surface area contributed by atoms with Crippen LogP contribution in [0.4, 0.5) is 5.13 Å². The van der Waals surface area contributed by atoms with Crippen LogP contribution in [0.5, 0.6) is 0 Å². The van der Waals surface area contributed by atoms with Crippen LogP contribution in [0.15, 0.2) is 46.6 Å². The first kappa shape index (κ1) is 16.9. The molecule has 1 N–H and O–H groups in total. The third-order valence-electron chi connectivity index (χ3n) is 3.80. The highest BCUT2D eigenvalue weighted by Crippen LogP contribution is 2.24. The quantitative estimate of drug-likeness (QED) is 0.548. The molecule has 0 saturated heterocycles. The lowest BCUT2D eigenvalue weighted by atomic mass is 10.2. The van der Waals surface area contributed by atoms with Gasteiger partial charge in [0.25, 0.3) is 5.56 Å². The van der Waals surface area contributed by atoms with E-state index in [2.05, 4.69) is 39.4 Å². The smallest absolute Gasteiger partial charge is 0.275 e. The molecule has 0 saturated carbocycles. The summed E-state index contributed by atoms with van der Waals surface area (Å²) in [4.78, 5) is 21.9. The van der Waals surface area contributed by atoms with Gasteiger partial charge in [-0.3, -0.25) is 4.79 Å². The fourth-order valence-electron chi connectivity index (χ4n) is 2.58. The van der Waals surface area contributed by atoms with Gasteiger partial charge in [-0.2, -0.15) is 4.52 Å². The van der Waals surface area contributed by atoms with Gasteiger partial charge in [-0.25, -0.2) is 9.97 Å². The molecule has 0 aliphatic heterocycles. The number of aryl methyl sites for hydroxylation is 1. The summed E-state index contributed by atoms with van der Waals surface area (Å²) in [5.74, 6) is 0. The number of anilines is 1. The van der Waals surface area contributed by atoms with Crippen molar-refractivity contribution in [1.82, 2.24) is 19.6 Å². The lowest BCUT2D eigenvalue weighted by Crippen LogP contribution is -2.15. The maximum absolute atomic E-state index is 12.2. The molecule has 0 amide bonds. The summed E-state index contributed by atoms with van der Waals surface area (Å²) in [5.41, 5.74) is 2.74. The summed E-state index contributed by atoms with van der Waals surface area (Å²) >= 11 is 3.00. The van der Waals surface area contributed by atoms with Crippen LogP contribution >= 0.6 is 22.7 Å². The number of thiazole rings is 1. The molecule has 26 heavy (non-hydrogen) atoms. The van der Waals surface area contributed by atoms with E-state index in [1.54, 1.807) is 17.4 Å². The van der Waals surface area contributed by atoms with Gasteiger partial charge < -0.3 is 5.32 Å². The molecule has 4 rings (SSSR count). The minimum Gasteiger partial charge on any atom is -0.354 e. The lowest BCUT2D eigenvalue weighted by molar-refractivity contribution is 0.839. The van der Waals surface area contributed by atoms with Crippen molar-refractivity contribution in [2.24, 2.45) is 0 Å². The van der Waals surface area contributed by atoms with Gasteiger partial charge in [-0.15, -0.1) is 16.4 Å². The van der Waals surface area contributed by atoms with Crippen molar-refractivity contribution in [2.75, 3.05) is 5.32 Å². The number of nitrogens with zero attached hydrogens (tertiary/aromatic N) is 4. The van der Waals surface area contributed by atoms with Crippen LogP contribution in [-0.2, 0) is 13.0 Å². The lowest BCUT2D eigenvalue weighted by Gasteiger charge is -1.98. The molecule has 4 aromatic rings. The van der Waals surface area contributed by atoms with Gasteiger partial charge >= 0.3 is 0 Å². The largest absolute Gasteiger partial charge is 0.354 e. The van der Waals surface area contributed by atoms with Gasteiger partial charge in [-0.05, 0) is 6.42 Å². The van der Waals surface area contributed by atoms with Gasteiger partial charge in [0.15, 0.2) is 0 Å². The van der Waals surface area contributed by atoms with Crippen molar-refractivity contribution < 1.29 is 0 Å². The van der Waals surface area contributed by atoms with Gasteiger partial charge in [-0.1, -0.05) is 55.0 Å². The Hall–Kier alpha value is -2.58. The molecule has 0 spiro atoms. The van der Waals surface area contributed by atoms with Crippen molar-refractivity contribution in [3.05, 3.63) is 63.5 Å². The van der Waals surface area contributed by atoms with Crippen molar-refractivity contribution >= 4 is 32.8 Å². The van der Waals surface area contributed by atoms with E-state index in [0.717, 1.165) is 34.8 Å². The maximum Gasteiger partial charge on any atom is 0.275 e. The molecule has 132 valence electrons. The fraction of sp³-hybridized carbons (Fsp3) is 0.222. The second kappa shape index (κ2) is 7.35. The van der Waals surface area contributed by atoms with Gasteiger partial charge in [0.05, 0.1) is 12.2 Å². The molecule has 0 radical (unpaired) electrons. The maximum atomic E-state index is 12.2. The molecule has 0 atom stereocenters. The summed E-state index contributed by atoms with van der Waals surface area (Å²) in [5, 5.41) is 11.3. The average Bonchev–Trinajstić information content (AvgIpc) is 3.28. The fourth-order valence-corrected chi connectivity index (χ4v) is 4.23. The third-order valence-corrected chi connectivity index (χ3v) is 5.60. The highest BCUT2D eigenvalue weighted by atomic mass is 32.1. The Morgan fingerprint density at radius 3 is 2.81 bits per heavy atom. The van der Waals surface area contributed by atoms with Gasteiger partial charge in [0, 0.05) is 22.7 Å². The standard InChI is InChI=1S/C18H17N5OS2/c1-2-6-13-9-15(24)23-18(21-13)26-17(22-23)19-10-14-11-25-16(20-14)12-7-4-3-5-8-12/h3-5,7-9,11H,2,6,10H2,1H3,(H,19,22). The highest BCUT2D eigenvalue weighted by molar-refractivity contribution is 7.20. The number of fused-ring (bicyclic) bond motifs is 1. The summed E-state index contributed by atoms with van der Waals surface area (Å²) in [6, 6.07) is 11.7. The van der Waals surface area contributed by atoms with Crippen LogP contribution in [-0.4, -0.2) is 19.6 Å². The van der Waals surface area contributed by atoms with E-state index in [9.17, 15) is 4.79 Å². The first-order valence-corrected chi connectivity index (χ1v) is 10.1. The molecule has 0 aliphatic carbocycles. The Bertz CT molecular complexity index is 1080. The number of aromatic nitrogens is 4. The van der Waals surface area contributed by atoms with E-state index in [1.807, 2.05) is 23.6 Å². The molecule has 6 nitrogen and oxygen atoms in total. The van der Waals surface area contributed by atoms with Gasteiger partial charge in [0.2, 0.25) is 10.1 Å². The summed E-state index contributed by atoms with van der Waals surface area (Å²) in [7, 11) is 0. The molecular formula is C18H17N5OS2. The molecule has 0 unspecified atom stereocenters. The average molecular weight is 384 g/mol. The predicted octanol–water partition coefficient (Wildman–Crippen LogP) is 3.84. The minimum atomic E-state index is -0.136. The number of hydrogen-bond donors (Lipinski definition) is 1. The molecule has 8 heteroatoms. The van der Waals surface area contributed by atoms with E-state index < -0.39 is 0 Å². The van der Waals surface area contributed by atoms with Gasteiger partial charge in [0.1, 0.15) is 5.01 Å². The van der Waals surface area contributed by atoms with E-state index >= 15 is 0 Å². The van der Waals surface area contributed by atoms with Crippen LogP contribution in [0.25, 0.3) is 15.5 Å². The second-order valence-corrected chi connectivity index (χ2v) is 7.61. The molecule has 0 aliphatic rings. The number of hydrogen-bond acceptors (Lipinski definition) is 7. The summed E-state index contributed by atoms with van der Waals surface area (Å²) < 4.78 is 1.35. The highest BCUT2D eigenvalue weighted by Gasteiger charge is 2.10. The first-order valence-electron chi connectivity index (χ1n) is 8.36. The predicted molar refractivity (Wildman–Crippen MR) is 106 cm³/mol. The monoisotopic (exact) mass is 383 g/mol. The van der Waals surface area contributed by atoms with Crippen LogP contribution in [0.3, 0.4) is 0 Å². The summed E-state index contributed by atoms with van der Waals surface area (Å²) in [6.45, 7) is 2.63. The van der Waals surface area contributed by atoms with E-state index in [0.29, 0.717) is 16.6 Å². The van der Waals surface area contributed by atoms with Crippen molar-refractivity contribution in [3.63, 3.8) is 0 Å². The van der Waals surface area contributed by atoms with E-state index in [4.69, 9.17) is 0 Å². The third kappa shape index (κ3) is 3.51. The molecule has 3 aromatic heterocycles. The van der Waals surface area contributed by atoms with Crippen molar-refractivity contribution in [3.8, 4) is 10.6 Å². The van der Waals surface area contributed by atoms with E-state index in [1.165, 1.54) is 15.9 Å². The van der Waals surface area contributed by atoms with Crippen molar-refractivity contribution in [1.29, 1.82) is 0 Å². The molecule has 0 bridgehead atoms. The van der Waals surface area contributed by atoms with Crippen LogP contribution < -0.4 is 10.9 Å². The Labute approximate surface area is 158 Å². The normalized spacial score (nSPS) is 11.1. The van der Waals surface area contributed by atoms with Crippen LogP contribution in [0.2, 0.25) is 0 Å². The topological polar surface area (TPSA) is 72.2 Å². The Morgan fingerprint density at radius 1 is 1.15 bits per heavy atom. The van der Waals surface area contributed by atoms with E-state index in [-0.39, 0.29) is 5.56 Å². The van der Waals surface area contributed by atoms with Crippen molar-refractivity contribution in [2.45, 2.75) is 26.3 Å². The number of rotatable bonds is 6. The van der Waals surface area contributed by atoms with Crippen LogP contribution in [0.1, 0.15) is 24.7 Å². The SMILES string of the molecule is CCCc1cc(=O)n2nc(NCc3csc(-c4ccccc4)n3)sc2n1. The Morgan fingerprint density at radius 2 is 2.00 bits per heavy atom. The number of nitrogens with one attached hydrogen (secondary N) is 1. The minimum absolute atomic E-state index is 0.136.